The predicted molar refractivity (Wildman–Crippen MR) is 133 cm³/mol. The van der Waals surface area contributed by atoms with Crippen LogP contribution in [0.5, 0.6) is 0 Å². The predicted octanol–water partition coefficient (Wildman–Crippen LogP) is 4.30. The Hall–Kier alpha value is -3.29. The summed E-state index contributed by atoms with van der Waals surface area (Å²) < 4.78 is 1.91. The molecule has 1 amide bonds. The second-order valence-electron chi connectivity index (χ2n) is 9.10. The van der Waals surface area contributed by atoms with E-state index in [1.54, 1.807) is 11.3 Å². The summed E-state index contributed by atoms with van der Waals surface area (Å²) in [7, 11) is 1.96. The number of carbonyl (C=O) groups is 1. The molecule has 0 radical (unpaired) electrons. The first-order chi connectivity index (χ1) is 16.7. The van der Waals surface area contributed by atoms with Gasteiger partial charge in [0.05, 0.1) is 0 Å². The maximum absolute atomic E-state index is 13.5. The molecule has 0 N–H and O–H groups in total. The summed E-state index contributed by atoms with van der Waals surface area (Å²) in [6.07, 6.45) is 3.79. The van der Waals surface area contributed by atoms with Gasteiger partial charge in [-0.15, -0.1) is 11.3 Å². The van der Waals surface area contributed by atoms with Gasteiger partial charge in [-0.2, -0.15) is 5.10 Å². The second-order valence-corrected chi connectivity index (χ2v) is 10.2. The lowest BCUT2D eigenvalue weighted by Gasteiger charge is -2.30. The fourth-order valence-electron chi connectivity index (χ4n) is 5.09. The average Bonchev–Trinajstić information content (AvgIpc) is 3.48. The molecule has 7 heteroatoms. The topological polar surface area (TPSA) is 54.3 Å². The molecule has 34 heavy (non-hydrogen) atoms. The number of hydrogen-bond donors (Lipinski definition) is 0. The Balaban J connectivity index is 1.20. The van der Waals surface area contributed by atoms with Gasteiger partial charge in [0.25, 0.3) is 5.91 Å². The van der Waals surface area contributed by atoms with Crippen LogP contribution in [0.15, 0.2) is 60.8 Å². The van der Waals surface area contributed by atoms with Crippen molar-refractivity contribution >= 4 is 17.2 Å². The number of aryl methyl sites for hydroxylation is 1. The molecule has 0 unspecified atom stereocenters. The minimum atomic E-state index is 0.0531. The summed E-state index contributed by atoms with van der Waals surface area (Å²) in [5, 5.41) is 5.75. The zero-order chi connectivity index (χ0) is 23.1. The number of fused-ring (bicyclic) bond motifs is 2. The lowest BCUT2D eigenvalue weighted by Crippen LogP contribution is -2.37. The smallest absolute Gasteiger partial charge is 0.275 e. The Morgan fingerprint density at radius 3 is 2.62 bits per heavy atom. The summed E-state index contributed by atoms with van der Waals surface area (Å²) in [5.74, 6) is 0.0531. The van der Waals surface area contributed by atoms with Gasteiger partial charge < -0.3 is 4.90 Å². The highest BCUT2D eigenvalue weighted by molar-refractivity contribution is 7.15. The van der Waals surface area contributed by atoms with Crippen molar-refractivity contribution in [2.45, 2.75) is 32.5 Å². The maximum atomic E-state index is 13.5. The fourth-order valence-corrected chi connectivity index (χ4v) is 6.05. The minimum Gasteiger partial charge on any atom is -0.333 e. The molecule has 2 aliphatic rings. The molecule has 6 rings (SSSR count). The van der Waals surface area contributed by atoms with Crippen molar-refractivity contribution in [1.29, 1.82) is 0 Å². The van der Waals surface area contributed by atoms with E-state index in [0.717, 1.165) is 55.2 Å². The van der Waals surface area contributed by atoms with E-state index in [9.17, 15) is 4.79 Å². The van der Waals surface area contributed by atoms with Gasteiger partial charge in [0.2, 0.25) is 0 Å². The van der Waals surface area contributed by atoms with Crippen molar-refractivity contribution in [2.75, 3.05) is 13.1 Å². The van der Waals surface area contributed by atoms with E-state index < -0.39 is 0 Å². The molecule has 4 aromatic rings. The molecule has 0 spiro atoms. The fraction of sp³-hybridized carbons (Fsp3) is 0.296. The third kappa shape index (κ3) is 3.95. The van der Waals surface area contributed by atoms with Gasteiger partial charge >= 0.3 is 0 Å². The number of aromatic nitrogens is 3. The highest BCUT2D eigenvalue weighted by Gasteiger charge is 2.31. The summed E-state index contributed by atoms with van der Waals surface area (Å²) in [4.78, 5) is 23.8. The quantitative estimate of drug-likeness (QED) is 0.447. The first kappa shape index (κ1) is 21.3. The number of nitrogens with zero attached hydrogens (tertiary/aromatic N) is 5. The first-order valence-corrected chi connectivity index (χ1v) is 12.6. The van der Waals surface area contributed by atoms with Crippen LogP contribution < -0.4 is 0 Å². The molecule has 0 bridgehead atoms. The Kier molecular flexibility index (Phi) is 5.51. The van der Waals surface area contributed by atoms with Crippen molar-refractivity contribution in [3.8, 4) is 10.6 Å². The van der Waals surface area contributed by atoms with Crippen LogP contribution in [0.4, 0.5) is 0 Å². The van der Waals surface area contributed by atoms with Gasteiger partial charge in [-0.3, -0.25) is 14.4 Å². The van der Waals surface area contributed by atoms with E-state index in [-0.39, 0.29) is 5.91 Å². The van der Waals surface area contributed by atoms with Gasteiger partial charge in [-0.05, 0) is 17.5 Å². The van der Waals surface area contributed by atoms with Crippen molar-refractivity contribution in [1.82, 2.24) is 24.6 Å². The Labute approximate surface area is 203 Å². The number of carbonyl (C=O) groups excluding carboxylic acids is 1. The molecule has 2 aliphatic heterocycles. The molecule has 0 atom stereocenters. The van der Waals surface area contributed by atoms with Gasteiger partial charge in [0, 0.05) is 74.1 Å². The lowest BCUT2D eigenvalue weighted by atomic mass is 9.99. The Morgan fingerprint density at radius 2 is 1.76 bits per heavy atom. The summed E-state index contributed by atoms with van der Waals surface area (Å²) >= 11 is 1.74. The summed E-state index contributed by atoms with van der Waals surface area (Å²) in [6.45, 7) is 3.94. The molecule has 0 saturated carbocycles. The monoisotopic (exact) mass is 469 g/mol. The van der Waals surface area contributed by atoms with Crippen LogP contribution >= 0.6 is 11.3 Å². The molecule has 6 nitrogen and oxygen atoms in total. The Bertz CT molecular complexity index is 1340. The average molecular weight is 470 g/mol. The lowest BCUT2D eigenvalue weighted by molar-refractivity contribution is 0.0725. The normalized spacial score (nSPS) is 15.7. The van der Waals surface area contributed by atoms with Crippen LogP contribution in [-0.4, -0.2) is 43.6 Å². The third-order valence-corrected chi connectivity index (χ3v) is 7.93. The van der Waals surface area contributed by atoms with Gasteiger partial charge in [-0.25, -0.2) is 4.98 Å². The number of amides is 1. The minimum absolute atomic E-state index is 0.0531. The molecule has 172 valence electrons. The summed E-state index contributed by atoms with van der Waals surface area (Å²) in [5.41, 5.74) is 6.64. The van der Waals surface area contributed by atoms with Crippen LogP contribution in [0, 0.1) is 0 Å². The van der Waals surface area contributed by atoms with Gasteiger partial charge in [0.15, 0.2) is 5.69 Å². The van der Waals surface area contributed by atoms with Gasteiger partial charge in [-0.1, -0.05) is 54.6 Å². The first-order valence-electron chi connectivity index (χ1n) is 11.8. The van der Waals surface area contributed by atoms with Crippen LogP contribution in [0.1, 0.15) is 37.7 Å². The van der Waals surface area contributed by atoms with Crippen molar-refractivity contribution < 1.29 is 4.79 Å². The number of thiazole rings is 1. The van der Waals surface area contributed by atoms with Crippen LogP contribution in [-0.2, 0) is 39.5 Å². The third-order valence-electron chi connectivity index (χ3n) is 6.90. The molecular weight excluding hydrogens is 442 g/mol. The second kappa shape index (κ2) is 8.81. The number of rotatable bonds is 4. The number of hydrogen-bond acceptors (Lipinski definition) is 5. The molecule has 0 fully saturated rings. The van der Waals surface area contributed by atoms with Crippen molar-refractivity contribution in [2.24, 2.45) is 7.05 Å². The Morgan fingerprint density at radius 1 is 0.971 bits per heavy atom. The van der Waals surface area contributed by atoms with E-state index in [0.29, 0.717) is 12.2 Å². The van der Waals surface area contributed by atoms with Crippen LogP contribution in [0.3, 0.4) is 0 Å². The van der Waals surface area contributed by atoms with E-state index in [1.807, 2.05) is 41.0 Å². The maximum Gasteiger partial charge on any atom is 0.275 e. The zero-order valence-electron chi connectivity index (χ0n) is 19.3. The molecule has 4 heterocycles. The van der Waals surface area contributed by atoms with E-state index >= 15 is 0 Å². The SMILES string of the molecule is Cn1nc(C(=O)N2CCc3ccccc3C2)c2c1CCN(Cc1cnc(-c3ccccc3)s1)C2. The molecule has 2 aromatic carbocycles. The van der Waals surface area contributed by atoms with Crippen molar-refractivity contribution in [3.63, 3.8) is 0 Å². The van der Waals surface area contributed by atoms with Crippen LogP contribution in [0.2, 0.25) is 0 Å². The zero-order valence-corrected chi connectivity index (χ0v) is 20.1. The number of benzene rings is 2. The van der Waals surface area contributed by atoms with E-state index in [2.05, 4.69) is 46.3 Å². The molecule has 0 saturated heterocycles. The highest BCUT2D eigenvalue weighted by atomic mass is 32.1. The van der Waals surface area contributed by atoms with Gasteiger partial charge in [0.1, 0.15) is 5.01 Å². The van der Waals surface area contributed by atoms with E-state index in [1.165, 1.54) is 21.7 Å². The molecule has 2 aromatic heterocycles. The van der Waals surface area contributed by atoms with E-state index in [4.69, 9.17) is 5.10 Å². The van der Waals surface area contributed by atoms with Crippen LogP contribution in [0.25, 0.3) is 10.6 Å². The molecule has 0 aliphatic carbocycles. The largest absolute Gasteiger partial charge is 0.333 e. The molecular formula is C27H27N5OS. The summed E-state index contributed by atoms with van der Waals surface area (Å²) in [6, 6.07) is 18.7. The standard InChI is InChI=1S/C27H27N5OS/c1-30-24-12-13-31(17-22-15-28-26(34-22)20-8-3-2-4-9-20)18-23(24)25(29-30)27(33)32-14-11-19-7-5-6-10-21(19)16-32/h2-10,15H,11-14,16-18H2,1H3. The highest BCUT2D eigenvalue weighted by Crippen LogP contribution is 2.29. The van der Waals surface area contributed by atoms with Crippen molar-refractivity contribution in [3.05, 3.63) is 93.7 Å².